The molecule has 1 aromatic heterocycles. The number of hydrogen-bond acceptors (Lipinski definition) is 3. The number of ether oxygens (including phenoxy) is 1. The predicted octanol–water partition coefficient (Wildman–Crippen LogP) is 5.01. The van der Waals surface area contributed by atoms with Crippen LogP contribution in [0.15, 0.2) is 24.3 Å². The van der Waals surface area contributed by atoms with E-state index < -0.39 is 23.4 Å². The van der Waals surface area contributed by atoms with Crippen LogP contribution in [0.4, 0.5) is 13.2 Å². The number of methoxy groups -OCH3 is 1. The zero-order valence-electron chi connectivity index (χ0n) is 13.0. The van der Waals surface area contributed by atoms with Crippen LogP contribution in [0.2, 0.25) is 5.02 Å². The summed E-state index contributed by atoms with van der Waals surface area (Å²) in [5.74, 6) is -2.23. The van der Waals surface area contributed by atoms with Crippen LogP contribution in [0, 0.1) is 0 Å². The molecule has 1 heterocycles. The van der Waals surface area contributed by atoms with Gasteiger partial charge in [-0.3, -0.25) is 0 Å². The fourth-order valence-corrected chi connectivity index (χ4v) is 2.86. The fraction of sp³-hybridized carbons (Fsp3) is 0.294. The maximum Gasteiger partial charge on any atom is 0.434 e. The van der Waals surface area contributed by atoms with Crippen molar-refractivity contribution in [3.8, 4) is 16.9 Å². The Morgan fingerprint density at radius 1 is 1.28 bits per heavy atom. The average Bonchev–Trinajstić information content (AvgIpc) is 3.37. The Hall–Kier alpha value is -2.28. The molecule has 1 aromatic carbocycles. The van der Waals surface area contributed by atoms with Gasteiger partial charge in [0.1, 0.15) is 11.3 Å². The van der Waals surface area contributed by atoms with Crippen molar-refractivity contribution in [2.75, 3.05) is 7.11 Å². The Morgan fingerprint density at radius 2 is 1.88 bits per heavy atom. The molecule has 0 unspecified atom stereocenters. The smallest absolute Gasteiger partial charge is 0.434 e. The second-order valence-electron chi connectivity index (χ2n) is 5.71. The fourth-order valence-electron chi connectivity index (χ4n) is 2.74. The number of rotatable bonds is 4. The lowest BCUT2D eigenvalue weighted by Crippen LogP contribution is -2.19. The summed E-state index contributed by atoms with van der Waals surface area (Å²) in [6.07, 6.45) is -3.51. The number of carbonyl (C=O) groups is 1. The zero-order chi connectivity index (χ0) is 18.4. The number of carboxylic acids is 1. The van der Waals surface area contributed by atoms with Gasteiger partial charge >= 0.3 is 12.1 Å². The number of alkyl halides is 3. The number of nitrogens with zero attached hydrogens (tertiary/aromatic N) is 1. The molecular formula is C17H13ClF3NO3. The van der Waals surface area contributed by atoms with Gasteiger partial charge in [0.2, 0.25) is 0 Å². The van der Waals surface area contributed by atoms with Gasteiger partial charge in [0.05, 0.1) is 12.8 Å². The molecule has 0 saturated heterocycles. The molecule has 132 valence electrons. The monoisotopic (exact) mass is 371 g/mol. The molecule has 0 aliphatic heterocycles. The van der Waals surface area contributed by atoms with Crippen molar-refractivity contribution in [3.05, 3.63) is 46.2 Å². The number of aromatic nitrogens is 1. The molecule has 1 aliphatic carbocycles. The second kappa shape index (κ2) is 6.22. The maximum atomic E-state index is 13.4. The second-order valence-corrected chi connectivity index (χ2v) is 6.15. The van der Waals surface area contributed by atoms with Gasteiger partial charge in [-0.15, -0.1) is 0 Å². The topological polar surface area (TPSA) is 59.4 Å². The lowest BCUT2D eigenvalue weighted by atomic mass is 9.96. The standard InChI is InChI=1S/C17H13ClF3NO3/c1-25-14-11(8-4-6-10(18)7-5-8)13(9-2-3-9)22-15(17(19,20)21)12(14)16(23)24/h4-7,9H,2-3H2,1H3,(H,23,24). The van der Waals surface area contributed by atoms with Crippen LogP contribution < -0.4 is 4.74 Å². The molecule has 25 heavy (non-hydrogen) atoms. The Balaban J connectivity index is 2.38. The van der Waals surface area contributed by atoms with E-state index in [1.54, 1.807) is 24.3 Å². The summed E-state index contributed by atoms with van der Waals surface area (Å²) in [5, 5.41) is 9.81. The first-order chi connectivity index (χ1) is 11.7. The lowest BCUT2D eigenvalue weighted by Gasteiger charge is -2.20. The van der Waals surface area contributed by atoms with Gasteiger partial charge in [-0.1, -0.05) is 23.7 Å². The van der Waals surface area contributed by atoms with E-state index in [1.165, 1.54) is 0 Å². The van der Waals surface area contributed by atoms with Crippen molar-refractivity contribution >= 4 is 17.6 Å². The van der Waals surface area contributed by atoms with Crippen LogP contribution >= 0.6 is 11.6 Å². The van der Waals surface area contributed by atoms with Gasteiger partial charge < -0.3 is 9.84 Å². The Kier molecular flexibility index (Phi) is 4.36. The highest BCUT2D eigenvalue weighted by atomic mass is 35.5. The van der Waals surface area contributed by atoms with Crippen LogP contribution in [-0.4, -0.2) is 23.2 Å². The molecule has 0 radical (unpaired) electrons. The first-order valence-corrected chi connectivity index (χ1v) is 7.80. The average molecular weight is 372 g/mol. The first kappa shape index (κ1) is 17.5. The van der Waals surface area contributed by atoms with Gasteiger partial charge in [0.15, 0.2) is 5.69 Å². The van der Waals surface area contributed by atoms with Crippen LogP contribution in [0.3, 0.4) is 0 Å². The number of halogens is 4. The lowest BCUT2D eigenvalue weighted by molar-refractivity contribution is -0.141. The minimum absolute atomic E-state index is 0.150. The van der Waals surface area contributed by atoms with E-state index in [0.717, 1.165) is 7.11 Å². The summed E-state index contributed by atoms with van der Waals surface area (Å²) in [5.41, 5.74) is -1.43. The van der Waals surface area contributed by atoms with Gasteiger partial charge in [0, 0.05) is 16.5 Å². The molecule has 4 nitrogen and oxygen atoms in total. The molecule has 0 bridgehead atoms. The molecule has 0 atom stereocenters. The normalized spacial score (nSPS) is 14.4. The number of hydrogen-bond donors (Lipinski definition) is 1. The van der Waals surface area contributed by atoms with Gasteiger partial charge in [-0.2, -0.15) is 13.2 Å². The number of carboxylic acid groups (broad SMARTS) is 1. The third kappa shape index (κ3) is 3.28. The van der Waals surface area contributed by atoms with E-state index in [9.17, 15) is 23.1 Å². The molecule has 8 heteroatoms. The SMILES string of the molecule is COc1c(C(=O)O)c(C(F)(F)F)nc(C2CC2)c1-c1ccc(Cl)cc1. The van der Waals surface area contributed by atoms with Crippen molar-refractivity contribution in [2.24, 2.45) is 0 Å². The van der Waals surface area contributed by atoms with Crippen LogP contribution in [0.5, 0.6) is 5.75 Å². The van der Waals surface area contributed by atoms with E-state index in [2.05, 4.69) is 4.98 Å². The largest absolute Gasteiger partial charge is 0.495 e. The molecule has 1 N–H and O–H groups in total. The number of aromatic carboxylic acids is 1. The predicted molar refractivity (Wildman–Crippen MR) is 85.2 cm³/mol. The molecule has 0 amide bonds. The van der Waals surface area contributed by atoms with Crippen molar-refractivity contribution < 1.29 is 27.8 Å². The van der Waals surface area contributed by atoms with Gasteiger partial charge in [0.25, 0.3) is 0 Å². The third-order valence-electron chi connectivity index (χ3n) is 3.96. The minimum Gasteiger partial charge on any atom is -0.495 e. The quantitative estimate of drug-likeness (QED) is 0.821. The summed E-state index contributed by atoms with van der Waals surface area (Å²) < 4.78 is 45.3. The molecule has 1 saturated carbocycles. The van der Waals surface area contributed by atoms with E-state index >= 15 is 0 Å². The molecule has 1 aliphatic rings. The Morgan fingerprint density at radius 3 is 2.32 bits per heavy atom. The summed E-state index contributed by atoms with van der Waals surface area (Å²) >= 11 is 5.86. The van der Waals surface area contributed by atoms with E-state index in [-0.39, 0.29) is 22.9 Å². The molecule has 0 spiro atoms. The highest BCUT2D eigenvalue weighted by Crippen LogP contribution is 2.49. The van der Waals surface area contributed by atoms with Crippen molar-refractivity contribution in [2.45, 2.75) is 24.9 Å². The number of pyridine rings is 1. The zero-order valence-corrected chi connectivity index (χ0v) is 13.8. The summed E-state index contributed by atoms with van der Waals surface area (Å²) in [6, 6.07) is 6.36. The molecule has 2 aromatic rings. The maximum absolute atomic E-state index is 13.4. The number of benzene rings is 1. The van der Waals surface area contributed by atoms with Gasteiger partial charge in [-0.25, -0.2) is 9.78 Å². The van der Waals surface area contributed by atoms with Crippen LogP contribution in [0.25, 0.3) is 11.1 Å². The Labute approximate surface area is 146 Å². The summed E-state index contributed by atoms with van der Waals surface area (Å²) in [6.45, 7) is 0. The van der Waals surface area contributed by atoms with E-state index in [0.29, 0.717) is 23.4 Å². The van der Waals surface area contributed by atoms with Crippen molar-refractivity contribution in [3.63, 3.8) is 0 Å². The third-order valence-corrected chi connectivity index (χ3v) is 4.21. The summed E-state index contributed by atoms with van der Waals surface area (Å²) in [4.78, 5) is 15.3. The Bertz CT molecular complexity index is 831. The minimum atomic E-state index is -4.90. The van der Waals surface area contributed by atoms with Gasteiger partial charge in [-0.05, 0) is 30.5 Å². The van der Waals surface area contributed by atoms with Crippen molar-refractivity contribution in [1.82, 2.24) is 4.98 Å². The van der Waals surface area contributed by atoms with E-state index in [4.69, 9.17) is 16.3 Å². The molecule has 3 rings (SSSR count). The van der Waals surface area contributed by atoms with Crippen molar-refractivity contribution in [1.29, 1.82) is 0 Å². The van der Waals surface area contributed by atoms with Crippen LogP contribution in [-0.2, 0) is 6.18 Å². The molecular weight excluding hydrogens is 359 g/mol. The van der Waals surface area contributed by atoms with E-state index in [1.807, 2.05) is 0 Å². The first-order valence-electron chi connectivity index (χ1n) is 7.42. The summed E-state index contributed by atoms with van der Waals surface area (Å²) in [7, 11) is 1.15. The highest BCUT2D eigenvalue weighted by Gasteiger charge is 2.43. The molecule has 1 fully saturated rings. The van der Waals surface area contributed by atoms with Crippen LogP contribution in [0.1, 0.15) is 40.5 Å². The highest BCUT2D eigenvalue weighted by molar-refractivity contribution is 6.30.